The van der Waals surface area contributed by atoms with E-state index in [1.54, 1.807) is 6.20 Å². The molecule has 0 aliphatic rings. The first-order valence-corrected chi connectivity index (χ1v) is 5.53. The highest BCUT2D eigenvalue weighted by Crippen LogP contribution is 2.17. The third kappa shape index (κ3) is 3.05. The van der Waals surface area contributed by atoms with Crippen LogP contribution in [0.4, 0.5) is 0 Å². The number of nitrogens with zero attached hydrogens (tertiary/aromatic N) is 2. The van der Waals surface area contributed by atoms with Gasteiger partial charge in [-0.15, -0.1) is 0 Å². The van der Waals surface area contributed by atoms with Gasteiger partial charge in [0.25, 0.3) is 0 Å². The fraction of sp³-hybridized carbons (Fsp3) is 0.727. The summed E-state index contributed by atoms with van der Waals surface area (Å²) < 4.78 is 1.85. The number of aryl methyl sites for hydroxylation is 2. The Morgan fingerprint density at radius 3 is 2.64 bits per heavy atom. The number of aromatic nitrogens is 2. The van der Waals surface area contributed by atoms with Crippen molar-refractivity contribution in [3.63, 3.8) is 0 Å². The molecule has 1 rings (SSSR count). The molecule has 1 N–H and O–H groups in total. The highest BCUT2D eigenvalue weighted by Gasteiger charge is 2.06. The third-order valence-corrected chi connectivity index (χ3v) is 2.32. The van der Waals surface area contributed by atoms with Gasteiger partial charge in [0.2, 0.25) is 0 Å². The lowest BCUT2D eigenvalue weighted by atomic mass is 10.2. The molecule has 0 saturated heterocycles. The lowest BCUT2D eigenvalue weighted by Gasteiger charge is -1.97. The van der Waals surface area contributed by atoms with Crippen molar-refractivity contribution in [2.45, 2.75) is 52.5 Å². The summed E-state index contributed by atoms with van der Waals surface area (Å²) in [6.07, 6.45) is 7.14. The smallest absolute Gasteiger partial charge is 0.156 e. The molecule has 0 radical (unpaired) electrons. The second-order valence-electron chi connectivity index (χ2n) is 3.68. The van der Waals surface area contributed by atoms with E-state index in [0.717, 1.165) is 44.3 Å². The second-order valence-corrected chi connectivity index (χ2v) is 3.68. The molecule has 0 aliphatic heterocycles. The molecule has 80 valence electrons. The van der Waals surface area contributed by atoms with E-state index in [2.05, 4.69) is 18.9 Å². The number of aromatic hydroxyl groups is 1. The lowest BCUT2D eigenvalue weighted by Crippen LogP contribution is -1.99. The monoisotopic (exact) mass is 196 g/mol. The van der Waals surface area contributed by atoms with Crippen LogP contribution in [0.25, 0.3) is 0 Å². The van der Waals surface area contributed by atoms with Gasteiger partial charge >= 0.3 is 0 Å². The SMILES string of the molecule is CCCCc1nn(CCCC)cc1O. The van der Waals surface area contributed by atoms with E-state index in [0.29, 0.717) is 5.75 Å². The van der Waals surface area contributed by atoms with E-state index in [9.17, 15) is 5.11 Å². The van der Waals surface area contributed by atoms with Gasteiger partial charge in [-0.05, 0) is 19.3 Å². The van der Waals surface area contributed by atoms with Crippen molar-refractivity contribution in [3.8, 4) is 5.75 Å². The van der Waals surface area contributed by atoms with Crippen molar-refractivity contribution in [2.75, 3.05) is 0 Å². The van der Waals surface area contributed by atoms with Gasteiger partial charge in [-0.3, -0.25) is 4.68 Å². The van der Waals surface area contributed by atoms with Gasteiger partial charge < -0.3 is 5.11 Å². The van der Waals surface area contributed by atoms with Crippen LogP contribution < -0.4 is 0 Å². The summed E-state index contributed by atoms with van der Waals surface area (Å²) in [5.41, 5.74) is 0.850. The molecule has 0 fully saturated rings. The zero-order chi connectivity index (χ0) is 10.4. The van der Waals surface area contributed by atoms with Crippen LogP contribution in [0, 0.1) is 0 Å². The Bertz CT molecular complexity index is 268. The minimum Gasteiger partial charge on any atom is -0.504 e. The van der Waals surface area contributed by atoms with Gasteiger partial charge in [-0.1, -0.05) is 26.7 Å². The van der Waals surface area contributed by atoms with Crippen LogP contribution in [-0.4, -0.2) is 14.9 Å². The zero-order valence-corrected chi connectivity index (χ0v) is 9.16. The Morgan fingerprint density at radius 1 is 1.29 bits per heavy atom. The quantitative estimate of drug-likeness (QED) is 0.759. The molecule has 0 saturated carbocycles. The van der Waals surface area contributed by atoms with Gasteiger partial charge in [-0.2, -0.15) is 5.10 Å². The van der Waals surface area contributed by atoms with Gasteiger partial charge in [0.15, 0.2) is 5.75 Å². The third-order valence-electron chi connectivity index (χ3n) is 2.32. The molecule has 0 unspecified atom stereocenters. The highest BCUT2D eigenvalue weighted by atomic mass is 16.3. The molecule has 3 heteroatoms. The first-order chi connectivity index (χ1) is 6.77. The maximum absolute atomic E-state index is 9.57. The summed E-state index contributed by atoms with van der Waals surface area (Å²) in [5.74, 6) is 0.356. The van der Waals surface area contributed by atoms with E-state index in [-0.39, 0.29) is 0 Å². The summed E-state index contributed by atoms with van der Waals surface area (Å²) in [5, 5.41) is 13.9. The van der Waals surface area contributed by atoms with Gasteiger partial charge in [-0.25, -0.2) is 0 Å². The Labute approximate surface area is 85.8 Å². The molecule has 0 atom stereocenters. The number of hydrogen-bond acceptors (Lipinski definition) is 2. The summed E-state index contributed by atoms with van der Waals surface area (Å²) in [7, 11) is 0. The molecule has 1 heterocycles. The number of rotatable bonds is 6. The molecular weight excluding hydrogens is 176 g/mol. The van der Waals surface area contributed by atoms with E-state index in [4.69, 9.17) is 0 Å². The lowest BCUT2D eigenvalue weighted by molar-refractivity contribution is 0.466. The van der Waals surface area contributed by atoms with Gasteiger partial charge in [0.05, 0.1) is 6.20 Å². The minimum absolute atomic E-state index is 0.356. The van der Waals surface area contributed by atoms with Crippen LogP contribution in [0.15, 0.2) is 6.20 Å². The molecule has 0 aliphatic carbocycles. The summed E-state index contributed by atoms with van der Waals surface area (Å²) >= 11 is 0. The average Bonchev–Trinajstić information content (AvgIpc) is 2.53. The summed E-state index contributed by atoms with van der Waals surface area (Å²) in [6.45, 7) is 5.21. The summed E-state index contributed by atoms with van der Waals surface area (Å²) in [6, 6.07) is 0. The average molecular weight is 196 g/mol. The Hall–Kier alpha value is -0.990. The van der Waals surface area contributed by atoms with Crippen LogP contribution in [0.3, 0.4) is 0 Å². The number of hydrogen-bond donors (Lipinski definition) is 1. The molecule has 14 heavy (non-hydrogen) atoms. The van der Waals surface area contributed by atoms with Crippen LogP contribution in [0.1, 0.15) is 45.2 Å². The standard InChI is InChI=1S/C11H20N2O/c1-3-5-7-10-11(14)9-13(12-10)8-6-4-2/h9,14H,3-8H2,1-2H3. The highest BCUT2D eigenvalue weighted by molar-refractivity contribution is 5.22. The largest absolute Gasteiger partial charge is 0.504 e. The first kappa shape index (κ1) is 11.1. The van der Waals surface area contributed by atoms with Crippen molar-refractivity contribution in [1.82, 2.24) is 9.78 Å². The maximum Gasteiger partial charge on any atom is 0.156 e. The predicted molar refractivity (Wildman–Crippen MR) is 57.4 cm³/mol. The van der Waals surface area contributed by atoms with E-state index < -0.39 is 0 Å². The van der Waals surface area contributed by atoms with Crippen molar-refractivity contribution >= 4 is 0 Å². The van der Waals surface area contributed by atoms with Crippen molar-refractivity contribution in [2.24, 2.45) is 0 Å². The molecule has 0 bridgehead atoms. The van der Waals surface area contributed by atoms with E-state index in [1.165, 1.54) is 0 Å². The van der Waals surface area contributed by atoms with Crippen LogP contribution >= 0.6 is 0 Å². The first-order valence-electron chi connectivity index (χ1n) is 5.53. The molecular formula is C11H20N2O. The minimum atomic E-state index is 0.356. The van der Waals surface area contributed by atoms with Gasteiger partial charge in [0, 0.05) is 6.54 Å². The van der Waals surface area contributed by atoms with Crippen molar-refractivity contribution in [3.05, 3.63) is 11.9 Å². The molecule has 0 aromatic carbocycles. The van der Waals surface area contributed by atoms with Gasteiger partial charge in [0.1, 0.15) is 5.69 Å². The summed E-state index contributed by atoms with van der Waals surface area (Å²) in [4.78, 5) is 0. The molecule has 1 aromatic rings. The fourth-order valence-electron chi connectivity index (χ4n) is 1.41. The molecule has 1 aromatic heterocycles. The van der Waals surface area contributed by atoms with E-state index >= 15 is 0 Å². The number of unbranched alkanes of at least 4 members (excludes halogenated alkanes) is 2. The Morgan fingerprint density at radius 2 is 2.00 bits per heavy atom. The van der Waals surface area contributed by atoms with Crippen molar-refractivity contribution in [1.29, 1.82) is 0 Å². The molecule has 3 nitrogen and oxygen atoms in total. The Kier molecular flexibility index (Phi) is 4.50. The van der Waals surface area contributed by atoms with Crippen molar-refractivity contribution < 1.29 is 5.11 Å². The van der Waals surface area contributed by atoms with Crippen LogP contribution in [-0.2, 0) is 13.0 Å². The molecule has 0 spiro atoms. The normalized spacial score (nSPS) is 10.7. The second kappa shape index (κ2) is 5.68. The molecule has 0 amide bonds. The fourth-order valence-corrected chi connectivity index (χ4v) is 1.41. The topological polar surface area (TPSA) is 38.0 Å². The van der Waals surface area contributed by atoms with Crippen LogP contribution in [0.5, 0.6) is 5.75 Å². The predicted octanol–water partition coefficient (Wildman–Crippen LogP) is 2.73. The maximum atomic E-state index is 9.57. The van der Waals surface area contributed by atoms with Crippen LogP contribution in [0.2, 0.25) is 0 Å². The zero-order valence-electron chi connectivity index (χ0n) is 9.16. The van der Waals surface area contributed by atoms with E-state index in [1.807, 2.05) is 4.68 Å². The Balaban J connectivity index is 2.53.